The summed E-state index contributed by atoms with van der Waals surface area (Å²) >= 11 is 0. The van der Waals surface area contributed by atoms with Crippen LogP contribution in [-0.4, -0.2) is 19.0 Å². The summed E-state index contributed by atoms with van der Waals surface area (Å²) in [5, 5.41) is 0. The fraction of sp³-hybridized carbons (Fsp3) is 0.833. The van der Waals surface area contributed by atoms with Crippen LogP contribution in [0.4, 0.5) is 0 Å². The molecule has 0 N–H and O–H groups in total. The quantitative estimate of drug-likeness (QED) is 0.677. The van der Waals surface area contributed by atoms with Gasteiger partial charge < -0.3 is 4.74 Å². The standard InChI is InChI=1S/C18H28O2/c1-11-6-7-12-13-8-9-15(19)18(13,4)10-14(20-5)16(12)17(11,2)3/h12-14,16H,1,6-10H2,2-5H3. The fourth-order valence-electron chi connectivity index (χ4n) is 5.63. The summed E-state index contributed by atoms with van der Waals surface area (Å²) in [4.78, 5) is 12.4. The van der Waals surface area contributed by atoms with Crippen LogP contribution >= 0.6 is 0 Å². The van der Waals surface area contributed by atoms with Crippen molar-refractivity contribution in [2.24, 2.45) is 28.6 Å². The summed E-state index contributed by atoms with van der Waals surface area (Å²) in [6, 6.07) is 0. The first-order chi connectivity index (χ1) is 9.32. The van der Waals surface area contributed by atoms with E-state index < -0.39 is 0 Å². The fourth-order valence-corrected chi connectivity index (χ4v) is 5.63. The molecule has 0 saturated heterocycles. The van der Waals surface area contributed by atoms with Crippen LogP contribution in [0.15, 0.2) is 12.2 Å². The lowest BCUT2D eigenvalue weighted by molar-refractivity contribution is -0.148. The predicted octanol–water partition coefficient (Wildman–Crippen LogP) is 4.00. The Balaban J connectivity index is 2.02. The Hall–Kier alpha value is -0.630. The Morgan fingerprint density at radius 3 is 2.55 bits per heavy atom. The number of rotatable bonds is 1. The van der Waals surface area contributed by atoms with Crippen molar-refractivity contribution in [3.63, 3.8) is 0 Å². The van der Waals surface area contributed by atoms with Gasteiger partial charge in [0.1, 0.15) is 5.78 Å². The van der Waals surface area contributed by atoms with Gasteiger partial charge in [0, 0.05) is 18.9 Å². The Morgan fingerprint density at radius 1 is 1.20 bits per heavy atom. The van der Waals surface area contributed by atoms with Gasteiger partial charge in [0.15, 0.2) is 0 Å². The van der Waals surface area contributed by atoms with E-state index in [1.165, 1.54) is 12.0 Å². The normalized spacial score (nSPS) is 47.0. The van der Waals surface area contributed by atoms with Crippen LogP contribution in [0, 0.1) is 28.6 Å². The first kappa shape index (κ1) is 14.3. The minimum Gasteiger partial charge on any atom is -0.381 e. The number of ether oxygens (including phenoxy) is 1. The maximum absolute atomic E-state index is 12.4. The van der Waals surface area contributed by atoms with Crippen LogP contribution in [0.5, 0.6) is 0 Å². The van der Waals surface area contributed by atoms with Crippen molar-refractivity contribution in [2.45, 2.75) is 59.0 Å². The molecule has 20 heavy (non-hydrogen) atoms. The lowest BCUT2D eigenvalue weighted by Crippen LogP contribution is -2.55. The van der Waals surface area contributed by atoms with Gasteiger partial charge in [-0.1, -0.05) is 32.9 Å². The van der Waals surface area contributed by atoms with Crippen molar-refractivity contribution in [1.29, 1.82) is 0 Å². The number of hydrogen-bond donors (Lipinski definition) is 0. The summed E-state index contributed by atoms with van der Waals surface area (Å²) in [5.74, 6) is 2.20. The van der Waals surface area contributed by atoms with E-state index in [0.717, 1.165) is 25.7 Å². The molecule has 0 heterocycles. The van der Waals surface area contributed by atoms with Gasteiger partial charge in [-0.15, -0.1) is 0 Å². The first-order valence-corrected chi connectivity index (χ1v) is 8.06. The van der Waals surface area contributed by atoms with Crippen LogP contribution in [0.2, 0.25) is 0 Å². The highest BCUT2D eigenvalue weighted by atomic mass is 16.5. The summed E-state index contributed by atoms with van der Waals surface area (Å²) in [5.41, 5.74) is 1.38. The largest absolute Gasteiger partial charge is 0.381 e. The molecule has 0 aromatic rings. The maximum atomic E-state index is 12.4. The van der Waals surface area contributed by atoms with E-state index in [0.29, 0.717) is 23.5 Å². The molecular weight excluding hydrogens is 248 g/mol. The Labute approximate surface area is 123 Å². The van der Waals surface area contributed by atoms with Gasteiger partial charge in [0.25, 0.3) is 0 Å². The maximum Gasteiger partial charge on any atom is 0.139 e. The molecule has 0 aromatic heterocycles. The minimum absolute atomic E-state index is 0.128. The molecule has 0 amide bonds. The van der Waals surface area contributed by atoms with Crippen LogP contribution in [0.3, 0.4) is 0 Å². The molecule has 0 aromatic carbocycles. The zero-order valence-corrected chi connectivity index (χ0v) is 13.4. The topological polar surface area (TPSA) is 26.3 Å². The van der Waals surface area contributed by atoms with E-state index in [2.05, 4.69) is 27.4 Å². The molecule has 3 aliphatic rings. The number of methoxy groups -OCH3 is 1. The molecule has 3 fully saturated rings. The van der Waals surface area contributed by atoms with Crippen molar-refractivity contribution in [1.82, 2.24) is 0 Å². The van der Waals surface area contributed by atoms with E-state index in [1.54, 1.807) is 0 Å². The van der Waals surface area contributed by atoms with Gasteiger partial charge in [0.2, 0.25) is 0 Å². The highest BCUT2D eigenvalue weighted by Gasteiger charge is 2.60. The van der Waals surface area contributed by atoms with Gasteiger partial charge in [-0.25, -0.2) is 0 Å². The van der Waals surface area contributed by atoms with Crippen molar-refractivity contribution < 1.29 is 9.53 Å². The second-order valence-corrected chi connectivity index (χ2v) is 8.02. The Bertz CT molecular complexity index is 448. The molecule has 5 unspecified atom stereocenters. The molecule has 3 aliphatic carbocycles. The first-order valence-electron chi connectivity index (χ1n) is 8.06. The molecule has 0 radical (unpaired) electrons. The SMILES string of the molecule is C=C1CCC2C(C(OC)CC3(C)C(=O)CCC23)C1(C)C. The number of hydrogen-bond acceptors (Lipinski definition) is 2. The molecule has 3 saturated carbocycles. The summed E-state index contributed by atoms with van der Waals surface area (Å²) in [6.07, 6.45) is 5.30. The zero-order valence-electron chi connectivity index (χ0n) is 13.4. The number of ketones is 1. The number of Topliss-reactive ketones (excluding diaryl/α,β-unsaturated/α-hetero) is 1. The number of fused-ring (bicyclic) bond motifs is 3. The number of carbonyl (C=O) groups is 1. The van der Waals surface area contributed by atoms with E-state index in [9.17, 15) is 4.79 Å². The van der Waals surface area contributed by atoms with Crippen molar-refractivity contribution >= 4 is 5.78 Å². The van der Waals surface area contributed by atoms with Crippen LogP contribution in [0.25, 0.3) is 0 Å². The molecule has 5 atom stereocenters. The van der Waals surface area contributed by atoms with Crippen LogP contribution in [0.1, 0.15) is 52.9 Å². The molecular formula is C18H28O2. The monoisotopic (exact) mass is 276 g/mol. The summed E-state index contributed by atoms with van der Waals surface area (Å²) in [6.45, 7) is 11.2. The van der Waals surface area contributed by atoms with Gasteiger partial charge in [-0.3, -0.25) is 4.79 Å². The van der Waals surface area contributed by atoms with Gasteiger partial charge >= 0.3 is 0 Å². The smallest absolute Gasteiger partial charge is 0.139 e. The predicted molar refractivity (Wildman–Crippen MR) is 80.4 cm³/mol. The Kier molecular flexibility index (Phi) is 3.17. The van der Waals surface area contributed by atoms with Crippen LogP contribution < -0.4 is 0 Å². The average Bonchev–Trinajstić information content (AvgIpc) is 2.69. The molecule has 0 bridgehead atoms. The van der Waals surface area contributed by atoms with Gasteiger partial charge in [-0.2, -0.15) is 0 Å². The third-order valence-corrected chi connectivity index (χ3v) is 6.97. The van der Waals surface area contributed by atoms with E-state index in [-0.39, 0.29) is 16.9 Å². The highest BCUT2D eigenvalue weighted by Crippen LogP contribution is 2.62. The van der Waals surface area contributed by atoms with Crippen molar-refractivity contribution in [3.8, 4) is 0 Å². The second kappa shape index (κ2) is 4.43. The van der Waals surface area contributed by atoms with Gasteiger partial charge in [0.05, 0.1) is 6.10 Å². The third-order valence-electron chi connectivity index (χ3n) is 6.97. The Morgan fingerprint density at radius 2 is 1.90 bits per heavy atom. The minimum atomic E-state index is -0.128. The molecule has 0 spiro atoms. The average molecular weight is 276 g/mol. The van der Waals surface area contributed by atoms with Crippen molar-refractivity contribution in [3.05, 3.63) is 12.2 Å². The lowest BCUT2D eigenvalue weighted by Gasteiger charge is -2.57. The molecule has 0 aliphatic heterocycles. The van der Waals surface area contributed by atoms with E-state index in [1.807, 2.05) is 7.11 Å². The van der Waals surface area contributed by atoms with Gasteiger partial charge in [-0.05, 0) is 48.9 Å². The number of allylic oxidation sites excluding steroid dienone is 1. The molecule has 3 rings (SSSR count). The van der Waals surface area contributed by atoms with E-state index >= 15 is 0 Å². The molecule has 2 nitrogen and oxygen atoms in total. The zero-order chi connectivity index (χ0) is 14.7. The van der Waals surface area contributed by atoms with Crippen LogP contribution in [-0.2, 0) is 9.53 Å². The lowest BCUT2D eigenvalue weighted by atomic mass is 9.49. The second-order valence-electron chi connectivity index (χ2n) is 8.02. The molecule has 112 valence electrons. The van der Waals surface area contributed by atoms with Crippen molar-refractivity contribution in [2.75, 3.05) is 7.11 Å². The summed E-state index contributed by atoms with van der Waals surface area (Å²) in [7, 11) is 1.82. The summed E-state index contributed by atoms with van der Waals surface area (Å²) < 4.78 is 5.87. The highest BCUT2D eigenvalue weighted by molar-refractivity contribution is 5.87. The number of carbonyl (C=O) groups excluding carboxylic acids is 1. The third kappa shape index (κ3) is 1.70. The van der Waals surface area contributed by atoms with E-state index in [4.69, 9.17) is 4.74 Å². The molecule has 2 heteroatoms.